The van der Waals surface area contributed by atoms with Gasteiger partial charge in [-0.2, -0.15) is 0 Å². The second kappa shape index (κ2) is 8.11. The summed E-state index contributed by atoms with van der Waals surface area (Å²) in [6.45, 7) is 6.35. The molecule has 4 heteroatoms. The number of nitrogens with one attached hydrogen (secondary N) is 1. The Hall–Kier alpha value is -3.03. The molecule has 1 aliphatic rings. The summed E-state index contributed by atoms with van der Waals surface area (Å²) in [5.41, 5.74) is 4.75. The lowest BCUT2D eigenvalue weighted by atomic mass is 10.0. The van der Waals surface area contributed by atoms with Gasteiger partial charge in [-0.1, -0.05) is 42.5 Å². The summed E-state index contributed by atoms with van der Waals surface area (Å²) in [5.74, 6) is 3.64. The molecule has 0 amide bonds. The molecule has 0 saturated heterocycles. The highest BCUT2D eigenvalue weighted by Crippen LogP contribution is 2.44. The maximum atomic E-state index is 10.1. The minimum Gasteiger partial charge on any atom is -0.507 e. The van der Waals surface area contributed by atoms with Crippen LogP contribution in [0.4, 0.5) is 0 Å². The Morgan fingerprint density at radius 1 is 1.30 bits per heavy atom. The van der Waals surface area contributed by atoms with Gasteiger partial charge in [0.15, 0.2) is 0 Å². The Balaban J connectivity index is 1.84. The van der Waals surface area contributed by atoms with Gasteiger partial charge >= 0.3 is 0 Å². The van der Waals surface area contributed by atoms with Gasteiger partial charge in [0.25, 0.3) is 0 Å². The van der Waals surface area contributed by atoms with Crippen LogP contribution >= 0.6 is 11.8 Å². The van der Waals surface area contributed by atoms with Crippen LogP contribution in [0.15, 0.2) is 64.6 Å². The van der Waals surface area contributed by atoms with E-state index < -0.39 is 0 Å². The Bertz CT molecular complexity index is 996. The number of rotatable bonds is 5. The lowest BCUT2D eigenvalue weighted by Gasteiger charge is -2.17. The van der Waals surface area contributed by atoms with Gasteiger partial charge < -0.3 is 15.2 Å². The lowest BCUT2D eigenvalue weighted by Crippen LogP contribution is -2.06. The number of hydrogen-bond donors (Lipinski definition) is 2. The predicted molar refractivity (Wildman–Crippen MR) is 113 cm³/mol. The molecule has 0 aromatic heterocycles. The minimum atomic E-state index is 0.240. The summed E-state index contributed by atoms with van der Waals surface area (Å²) < 4.78 is 6.05. The highest BCUT2D eigenvalue weighted by atomic mass is 32.2. The smallest absolute Gasteiger partial charge is 0.130 e. The monoisotopic (exact) mass is 375 g/mol. The van der Waals surface area contributed by atoms with Crippen molar-refractivity contribution >= 4 is 23.4 Å². The van der Waals surface area contributed by atoms with Crippen LogP contribution in [0.5, 0.6) is 11.5 Å². The van der Waals surface area contributed by atoms with Crippen LogP contribution in [0.1, 0.15) is 23.6 Å². The Morgan fingerprint density at radius 3 is 2.85 bits per heavy atom. The largest absolute Gasteiger partial charge is 0.507 e. The molecule has 0 unspecified atom stereocenters. The molecular formula is C23H21NO2S. The third-order valence-electron chi connectivity index (χ3n) is 4.33. The van der Waals surface area contributed by atoms with Crippen molar-refractivity contribution in [2.45, 2.75) is 18.4 Å². The maximum absolute atomic E-state index is 10.1. The Labute approximate surface area is 164 Å². The first kappa shape index (κ1) is 18.8. The zero-order valence-corrected chi connectivity index (χ0v) is 16.2. The number of fused-ring (bicyclic) bond motifs is 1. The van der Waals surface area contributed by atoms with Gasteiger partial charge in [-0.3, -0.25) is 0 Å². The molecule has 2 aromatic carbocycles. The van der Waals surface area contributed by atoms with Crippen LogP contribution in [0.3, 0.4) is 0 Å². The van der Waals surface area contributed by atoms with Crippen molar-refractivity contribution < 1.29 is 9.84 Å². The number of terminal acetylenes is 1. The molecule has 136 valence electrons. The van der Waals surface area contributed by atoms with Crippen molar-refractivity contribution in [1.82, 2.24) is 5.32 Å². The van der Waals surface area contributed by atoms with E-state index in [0.29, 0.717) is 6.61 Å². The van der Waals surface area contributed by atoms with Crippen LogP contribution in [0, 0.1) is 12.3 Å². The van der Waals surface area contributed by atoms with E-state index in [2.05, 4.69) is 23.9 Å². The van der Waals surface area contributed by atoms with Crippen molar-refractivity contribution in [1.29, 1.82) is 0 Å². The molecule has 1 aliphatic heterocycles. The summed E-state index contributed by atoms with van der Waals surface area (Å²) in [4.78, 5) is 1.67. The minimum absolute atomic E-state index is 0.240. The van der Waals surface area contributed by atoms with E-state index in [1.807, 2.05) is 44.3 Å². The van der Waals surface area contributed by atoms with Crippen LogP contribution in [-0.4, -0.2) is 12.2 Å². The van der Waals surface area contributed by atoms with Gasteiger partial charge in [0.1, 0.15) is 18.1 Å². The lowest BCUT2D eigenvalue weighted by molar-refractivity contribution is 0.304. The van der Waals surface area contributed by atoms with Crippen molar-refractivity contribution in [3.8, 4) is 23.8 Å². The molecule has 0 atom stereocenters. The molecule has 2 aromatic rings. The van der Waals surface area contributed by atoms with Crippen LogP contribution in [0.2, 0.25) is 0 Å². The molecule has 0 bridgehead atoms. The maximum Gasteiger partial charge on any atom is 0.130 e. The quantitative estimate of drug-likeness (QED) is 0.706. The van der Waals surface area contributed by atoms with Gasteiger partial charge in [0.2, 0.25) is 0 Å². The summed E-state index contributed by atoms with van der Waals surface area (Å²) >= 11 is 1.45. The number of thioether (sulfide) groups is 1. The molecule has 3 nitrogen and oxygen atoms in total. The number of phenolic OH excluding ortho intramolecular Hbond substituents is 1. The molecular weight excluding hydrogens is 354 g/mol. The number of phenols is 1. The van der Waals surface area contributed by atoms with E-state index in [-0.39, 0.29) is 5.75 Å². The molecule has 3 rings (SSSR count). The molecule has 0 radical (unpaired) electrons. The normalized spacial score (nSPS) is 13.4. The first-order valence-electron chi connectivity index (χ1n) is 8.51. The summed E-state index contributed by atoms with van der Waals surface area (Å²) in [5, 5.41) is 13.1. The van der Waals surface area contributed by atoms with Crippen molar-refractivity contribution in [3.63, 3.8) is 0 Å². The average Bonchev–Trinajstić information content (AvgIpc) is 2.69. The Morgan fingerprint density at radius 2 is 2.11 bits per heavy atom. The number of ether oxygens (including phenoxy) is 1. The zero-order valence-electron chi connectivity index (χ0n) is 15.4. The first-order valence-corrected chi connectivity index (χ1v) is 9.33. The fourth-order valence-electron chi connectivity index (χ4n) is 2.87. The van der Waals surface area contributed by atoms with Crippen LogP contribution in [0.25, 0.3) is 11.6 Å². The molecule has 27 heavy (non-hydrogen) atoms. The van der Waals surface area contributed by atoms with Gasteiger partial charge in [0.05, 0.1) is 10.6 Å². The van der Waals surface area contributed by atoms with E-state index in [9.17, 15) is 5.11 Å². The van der Waals surface area contributed by atoms with Gasteiger partial charge in [-0.05, 0) is 54.0 Å². The highest BCUT2D eigenvalue weighted by molar-refractivity contribution is 8.03. The Kier molecular flexibility index (Phi) is 5.63. The van der Waals surface area contributed by atoms with Crippen molar-refractivity contribution in [2.24, 2.45) is 0 Å². The molecule has 0 aliphatic carbocycles. The van der Waals surface area contributed by atoms with Gasteiger partial charge in [-0.25, -0.2) is 0 Å². The van der Waals surface area contributed by atoms with Gasteiger partial charge in [0, 0.05) is 17.5 Å². The summed E-state index contributed by atoms with van der Waals surface area (Å²) in [6.07, 6.45) is 9.40. The molecule has 0 fully saturated rings. The molecule has 0 spiro atoms. The zero-order chi connectivity index (χ0) is 19.4. The van der Waals surface area contributed by atoms with Gasteiger partial charge in [-0.15, -0.1) is 6.42 Å². The van der Waals surface area contributed by atoms with E-state index in [1.165, 1.54) is 11.8 Å². The third-order valence-corrected chi connectivity index (χ3v) is 5.36. The number of allylic oxidation sites excluding steroid dienone is 3. The van der Waals surface area contributed by atoms with E-state index in [4.69, 9.17) is 11.2 Å². The van der Waals surface area contributed by atoms with E-state index in [0.717, 1.165) is 43.5 Å². The van der Waals surface area contributed by atoms with Crippen LogP contribution < -0.4 is 10.1 Å². The SMILES string of the molecule is C#C/C(NC)=C(/C)c1cccc(COc2ccc(O)c3c2C=CC(=C)S3)c1. The topological polar surface area (TPSA) is 41.5 Å². The van der Waals surface area contributed by atoms with E-state index in [1.54, 1.807) is 12.1 Å². The number of benzene rings is 2. The molecule has 1 heterocycles. The number of hydrogen-bond acceptors (Lipinski definition) is 4. The second-order valence-electron chi connectivity index (χ2n) is 6.11. The fourth-order valence-corrected chi connectivity index (χ4v) is 3.72. The standard InChI is InChI=1S/C23H21NO2S/c1-5-20(24-4)16(3)18-8-6-7-17(13-18)14-26-22-12-11-21(25)23-19(22)10-9-15(2)27-23/h1,6-13,24-25H,2,14H2,3-4H3/b20-16+. The molecule has 0 saturated carbocycles. The summed E-state index contributed by atoms with van der Waals surface area (Å²) in [7, 11) is 1.82. The predicted octanol–water partition coefficient (Wildman–Crippen LogP) is 5.19. The average molecular weight is 375 g/mol. The van der Waals surface area contributed by atoms with Crippen molar-refractivity contribution in [3.05, 3.63) is 76.3 Å². The molecule has 2 N–H and O–H groups in total. The van der Waals surface area contributed by atoms with E-state index >= 15 is 0 Å². The second-order valence-corrected chi connectivity index (χ2v) is 7.25. The van der Waals surface area contributed by atoms with Crippen molar-refractivity contribution in [2.75, 3.05) is 7.05 Å². The number of aromatic hydroxyl groups is 1. The summed E-state index contributed by atoms with van der Waals surface area (Å²) in [6, 6.07) is 11.6. The first-order chi connectivity index (χ1) is 13.0. The third kappa shape index (κ3) is 4.05. The van der Waals surface area contributed by atoms with Crippen LogP contribution in [-0.2, 0) is 6.61 Å². The highest BCUT2D eigenvalue weighted by Gasteiger charge is 2.17. The fraction of sp³-hybridized carbons (Fsp3) is 0.130.